The second kappa shape index (κ2) is 5.21. The van der Waals surface area contributed by atoms with Crippen LogP contribution in [0.15, 0.2) is 48.5 Å². The average Bonchev–Trinajstić information content (AvgIpc) is 2.21. The van der Waals surface area contributed by atoms with Gasteiger partial charge in [0.2, 0.25) is 0 Å². The first-order valence-corrected chi connectivity index (χ1v) is 4.32. The van der Waals surface area contributed by atoms with E-state index in [1.54, 1.807) is 24.3 Å². The molecule has 0 saturated heterocycles. The molecular weight excluding hydrogens is 199 g/mol. The molecule has 0 saturated carbocycles. The molecule has 0 aliphatic rings. The molecule has 0 radical (unpaired) electrons. The smallest absolute Gasteiger partial charge is 0.872 e. The maximum Gasteiger partial charge on any atom is 1.00 e. The minimum atomic E-state index is 0. The van der Waals surface area contributed by atoms with Crippen molar-refractivity contribution < 1.29 is 39.8 Å². The minimum Gasteiger partial charge on any atom is -0.872 e. The predicted octanol–water partition coefficient (Wildman–Crippen LogP) is -0.863. The van der Waals surface area contributed by atoms with Gasteiger partial charge in [-0.15, -0.1) is 5.75 Å². The van der Waals surface area contributed by atoms with Crippen LogP contribution >= 0.6 is 0 Å². The number of benzene rings is 2. The first kappa shape index (κ1) is 12.1. The fourth-order valence-corrected chi connectivity index (χ4v) is 1.30. The Morgan fingerprint density at radius 1 is 0.733 bits per heavy atom. The van der Waals surface area contributed by atoms with Crippen molar-refractivity contribution >= 4 is 0 Å². The van der Waals surface area contributed by atoms with Crippen LogP contribution in [0.2, 0.25) is 0 Å². The van der Waals surface area contributed by atoms with Gasteiger partial charge < -0.3 is 10.2 Å². The van der Waals surface area contributed by atoms with E-state index in [1.165, 1.54) is 12.1 Å². The Morgan fingerprint density at radius 3 is 1.60 bits per heavy atom. The molecule has 0 bridgehead atoms. The maximum atomic E-state index is 10.9. The molecule has 0 atom stereocenters. The summed E-state index contributed by atoms with van der Waals surface area (Å²) < 4.78 is 0. The van der Waals surface area contributed by atoms with Crippen LogP contribution in [0.1, 0.15) is 0 Å². The molecule has 0 aromatic heterocycles. The molecule has 0 aliphatic heterocycles. The molecule has 2 aromatic carbocycles. The molecule has 2 rings (SSSR count). The third-order valence-electron chi connectivity index (χ3n) is 2.05. The Hall–Kier alpha value is -0.960. The summed E-state index contributed by atoms with van der Waals surface area (Å²) in [6.07, 6.45) is 0. The van der Waals surface area contributed by atoms with Crippen molar-refractivity contribution in [1.82, 2.24) is 0 Å². The molecule has 0 unspecified atom stereocenters. The van der Waals surface area contributed by atoms with E-state index in [4.69, 9.17) is 5.11 Å². The summed E-state index contributed by atoms with van der Waals surface area (Å²) in [6, 6.07) is 13.5. The number of hydrogen-bond acceptors (Lipinski definition) is 2. The SMILES string of the molecule is [Na+].[O-]c1ccc(-c2ccc(O)cc2)cc1. The number of hydrogen-bond donors (Lipinski definition) is 1. The quantitative estimate of drug-likeness (QED) is 0.619. The van der Waals surface area contributed by atoms with Gasteiger partial charge in [0.05, 0.1) is 0 Å². The summed E-state index contributed by atoms with van der Waals surface area (Å²) in [5.41, 5.74) is 1.97. The Labute approximate surface area is 110 Å². The minimum absolute atomic E-state index is 0. The molecule has 3 heteroatoms. The monoisotopic (exact) mass is 208 g/mol. The molecule has 0 heterocycles. The number of rotatable bonds is 1. The van der Waals surface area contributed by atoms with Crippen molar-refractivity contribution in [3.63, 3.8) is 0 Å². The summed E-state index contributed by atoms with van der Waals surface area (Å²) in [4.78, 5) is 0. The molecule has 15 heavy (non-hydrogen) atoms. The summed E-state index contributed by atoms with van der Waals surface area (Å²) in [5, 5.41) is 20.0. The standard InChI is InChI=1S/C12H10O2.Na/c13-11-5-1-9(2-6-11)10-3-7-12(14)8-4-10;/h1-8,13-14H;/q;+1/p-1. The van der Waals surface area contributed by atoms with Gasteiger partial charge in [0.1, 0.15) is 5.75 Å². The third-order valence-corrected chi connectivity index (χ3v) is 2.05. The van der Waals surface area contributed by atoms with E-state index in [0.29, 0.717) is 0 Å². The van der Waals surface area contributed by atoms with Crippen molar-refractivity contribution in [2.75, 3.05) is 0 Å². The van der Waals surface area contributed by atoms with Crippen molar-refractivity contribution in [2.24, 2.45) is 0 Å². The Balaban J connectivity index is 0.00000112. The van der Waals surface area contributed by atoms with E-state index in [-0.39, 0.29) is 41.1 Å². The average molecular weight is 208 g/mol. The normalized spacial score (nSPS) is 9.33. The zero-order valence-electron chi connectivity index (χ0n) is 8.47. The summed E-state index contributed by atoms with van der Waals surface area (Å²) in [5.74, 6) is 0.252. The van der Waals surface area contributed by atoms with Crippen LogP contribution in [0.25, 0.3) is 11.1 Å². The summed E-state index contributed by atoms with van der Waals surface area (Å²) >= 11 is 0. The fourth-order valence-electron chi connectivity index (χ4n) is 1.30. The number of phenolic OH excluding ortho intramolecular Hbond substituents is 1. The Bertz CT molecular complexity index is 377. The number of phenols is 1. The van der Waals surface area contributed by atoms with Crippen LogP contribution in [-0.4, -0.2) is 5.11 Å². The van der Waals surface area contributed by atoms with Gasteiger partial charge in [0.25, 0.3) is 0 Å². The summed E-state index contributed by atoms with van der Waals surface area (Å²) in [7, 11) is 0. The molecule has 0 fully saturated rings. The van der Waals surface area contributed by atoms with Crippen LogP contribution in [0.3, 0.4) is 0 Å². The van der Waals surface area contributed by atoms with E-state index < -0.39 is 0 Å². The largest absolute Gasteiger partial charge is 1.00 e. The van der Waals surface area contributed by atoms with Crippen LogP contribution in [0.4, 0.5) is 0 Å². The third kappa shape index (κ3) is 2.99. The van der Waals surface area contributed by atoms with Gasteiger partial charge >= 0.3 is 29.6 Å². The van der Waals surface area contributed by atoms with E-state index in [9.17, 15) is 5.11 Å². The second-order valence-electron chi connectivity index (χ2n) is 3.07. The first-order valence-electron chi connectivity index (χ1n) is 4.32. The van der Waals surface area contributed by atoms with Gasteiger partial charge in [0.15, 0.2) is 0 Å². The van der Waals surface area contributed by atoms with Gasteiger partial charge in [-0.05, 0) is 23.3 Å². The molecule has 2 nitrogen and oxygen atoms in total. The second-order valence-corrected chi connectivity index (χ2v) is 3.07. The zero-order chi connectivity index (χ0) is 9.97. The molecule has 0 aliphatic carbocycles. The molecule has 0 amide bonds. The Kier molecular flexibility index (Phi) is 4.21. The summed E-state index contributed by atoms with van der Waals surface area (Å²) in [6.45, 7) is 0. The van der Waals surface area contributed by atoms with Gasteiger partial charge in [0, 0.05) is 0 Å². The topological polar surface area (TPSA) is 43.3 Å². The van der Waals surface area contributed by atoms with Crippen LogP contribution < -0.4 is 34.7 Å². The van der Waals surface area contributed by atoms with E-state index in [1.807, 2.05) is 12.1 Å². The predicted molar refractivity (Wildman–Crippen MR) is 53.0 cm³/mol. The van der Waals surface area contributed by atoms with Crippen molar-refractivity contribution in [1.29, 1.82) is 0 Å². The Morgan fingerprint density at radius 2 is 1.13 bits per heavy atom. The maximum absolute atomic E-state index is 10.9. The fraction of sp³-hybridized carbons (Fsp3) is 0. The van der Waals surface area contributed by atoms with Gasteiger partial charge in [-0.1, -0.05) is 36.4 Å². The van der Waals surface area contributed by atoms with Crippen molar-refractivity contribution in [3.8, 4) is 22.6 Å². The molecule has 1 N–H and O–H groups in total. The molecule has 0 spiro atoms. The van der Waals surface area contributed by atoms with Gasteiger partial charge in [-0.3, -0.25) is 0 Å². The first-order chi connectivity index (χ1) is 6.75. The van der Waals surface area contributed by atoms with Crippen LogP contribution in [-0.2, 0) is 0 Å². The molecule has 2 aromatic rings. The number of aromatic hydroxyl groups is 1. The van der Waals surface area contributed by atoms with Gasteiger partial charge in [-0.25, -0.2) is 0 Å². The zero-order valence-corrected chi connectivity index (χ0v) is 10.5. The van der Waals surface area contributed by atoms with E-state index in [2.05, 4.69) is 0 Å². The van der Waals surface area contributed by atoms with E-state index >= 15 is 0 Å². The molecule has 70 valence electrons. The van der Waals surface area contributed by atoms with Crippen LogP contribution in [0.5, 0.6) is 11.5 Å². The van der Waals surface area contributed by atoms with E-state index in [0.717, 1.165) is 11.1 Å². The van der Waals surface area contributed by atoms with Crippen LogP contribution in [0, 0.1) is 0 Å². The molecular formula is C12H9NaO2. The van der Waals surface area contributed by atoms with Crippen molar-refractivity contribution in [3.05, 3.63) is 48.5 Å². The van der Waals surface area contributed by atoms with Gasteiger partial charge in [-0.2, -0.15) is 0 Å². The van der Waals surface area contributed by atoms with Crippen molar-refractivity contribution in [2.45, 2.75) is 0 Å².